The minimum atomic E-state index is 0.565. The third-order valence-electron chi connectivity index (χ3n) is 3.30. The van der Waals surface area contributed by atoms with Crippen LogP contribution >= 0.6 is 11.8 Å². The van der Waals surface area contributed by atoms with E-state index in [0.717, 1.165) is 25.4 Å². The highest BCUT2D eigenvalue weighted by molar-refractivity contribution is 7.99. The largest absolute Gasteiger partial charge is 0.476 e. The molecule has 1 unspecified atom stereocenters. The minimum Gasteiger partial charge on any atom is -0.476 e. The van der Waals surface area contributed by atoms with Crippen LogP contribution in [-0.2, 0) is 0 Å². The Morgan fingerprint density at radius 3 is 3.00 bits per heavy atom. The van der Waals surface area contributed by atoms with Crippen LogP contribution in [0.25, 0.3) is 0 Å². The number of ether oxygens (including phenoxy) is 1. The first-order valence-electron chi connectivity index (χ1n) is 6.85. The maximum absolute atomic E-state index is 5.88. The fourth-order valence-corrected chi connectivity index (χ4v) is 2.02. The van der Waals surface area contributed by atoms with E-state index in [4.69, 9.17) is 10.5 Å². The molecular formula is C14H23N3OS. The number of thioether (sulfide) groups is 1. The molecule has 0 aliphatic heterocycles. The summed E-state index contributed by atoms with van der Waals surface area (Å²) in [7, 11) is 0. The van der Waals surface area contributed by atoms with Gasteiger partial charge in [0.15, 0.2) is 0 Å². The van der Waals surface area contributed by atoms with E-state index in [2.05, 4.69) is 23.5 Å². The van der Waals surface area contributed by atoms with Crippen molar-refractivity contribution in [3.63, 3.8) is 0 Å². The van der Waals surface area contributed by atoms with Crippen molar-refractivity contribution in [3.05, 3.63) is 12.1 Å². The average Bonchev–Trinajstić information content (AvgIpc) is 3.23. The number of hydrogen-bond donors (Lipinski definition) is 2. The monoisotopic (exact) mass is 281 g/mol. The zero-order valence-electron chi connectivity index (χ0n) is 11.7. The van der Waals surface area contributed by atoms with Gasteiger partial charge in [0.05, 0.1) is 12.3 Å². The van der Waals surface area contributed by atoms with E-state index >= 15 is 0 Å². The number of rotatable bonds is 8. The highest BCUT2D eigenvalue weighted by Gasteiger charge is 2.22. The topological polar surface area (TPSA) is 60.2 Å². The second-order valence-electron chi connectivity index (χ2n) is 5.11. The summed E-state index contributed by atoms with van der Waals surface area (Å²) in [5, 5.41) is 3.98. The molecule has 0 amide bonds. The Hall–Kier alpha value is -1.10. The van der Waals surface area contributed by atoms with Gasteiger partial charge in [-0.2, -0.15) is 16.7 Å². The van der Waals surface area contributed by atoms with E-state index < -0.39 is 0 Å². The van der Waals surface area contributed by atoms with Gasteiger partial charge in [-0.15, -0.1) is 0 Å². The predicted octanol–water partition coefficient (Wildman–Crippen LogP) is 3.01. The Balaban J connectivity index is 1.84. The number of nitrogens with zero attached hydrogens (tertiary/aromatic N) is 1. The second kappa shape index (κ2) is 6.89. The molecule has 1 atom stereocenters. The van der Waals surface area contributed by atoms with E-state index in [-0.39, 0.29) is 0 Å². The SMILES string of the molecule is CSC(C)CCNc1ccc(N)c(OCC2CC2)n1. The van der Waals surface area contributed by atoms with Crippen molar-refractivity contribution in [1.82, 2.24) is 4.98 Å². The Bertz CT molecular complexity index is 410. The lowest BCUT2D eigenvalue weighted by Gasteiger charge is -2.12. The summed E-state index contributed by atoms with van der Waals surface area (Å²) in [6.07, 6.45) is 5.79. The summed E-state index contributed by atoms with van der Waals surface area (Å²) in [5.41, 5.74) is 6.49. The summed E-state index contributed by atoms with van der Waals surface area (Å²) >= 11 is 1.88. The normalized spacial score (nSPS) is 16.1. The Labute approximate surface area is 119 Å². The van der Waals surface area contributed by atoms with Gasteiger partial charge in [-0.05, 0) is 43.6 Å². The molecular weight excluding hydrogens is 258 g/mol. The maximum Gasteiger partial charge on any atom is 0.239 e. The summed E-state index contributed by atoms with van der Waals surface area (Å²) < 4.78 is 5.67. The van der Waals surface area contributed by atoms with Crippen LogP contribution in [0, 0.1) is 5.92 Å². The molecule has 1 aliphatic carbocycles. The molecule has 0 radical (unpaired) electrons. The van der Waals surface area contributed by atoms with E-state index in [1.807, 2.05) is 23.9 Å². The molecule has 1 aromatic rings. The van der Waals surface area contributed by atoms with E-state index in [0.29, 0.717) is 22.7 Å². The van der Waals surface area contributed by atoms with Crippen molar-refractivity contribution in [2.24, 2.45) is 5.92 Å². The van der Waals surface area contributed by atoms with Crippen molar-refractivity contribution >= 4 is 23.3 Å². The Morgan fingerprint density at radius 1 is 1.53 bits per heavy atom. The molecule has 106 valence electrons. The highest BCUT2D eigenvalue weighted by atomic mass is 32.2. The molecule has 19 heavy (non-hydrogen) atoms. The molecule has 1 aromatic heterocycles. The Morgan fingerprint density at radius 2 is 2.32 bits per heavy atom. The van der Waals surface area contributed by atoms with Gasteiger partial charge in [-0.1, -0.05) is 6.92 Å². The van der Waals surface area contributed by atoms with Crippen LogP contribution in [0.2, 0.25) is 0 Å². The van der Waals surface area contributed by atoms with E-state index in [1.54, 1.807) is 0 Å². The zero-order chi connectivity index (χ0) is 13.7. The van der Waals surface area contributed by atoms with E-state index in [9.17, 15) is 0 Å². The van der Waals surface area contributed by atoms with Crippen molar-refractivity contribution in [3.8, 4) is 5.88 Å². The molecule has 3 N–H and O–H groups in total. The molecule has 0 aromatic carbocycles. The van der Waals surface area contributed by atoms with Gasteiger partial charge in [0, 0.05) is 11.8 Å². The van der Waals surface area contributed by atoms with Crippen LogP contribution in [0.4, 0.5) is 11.5 Å². The summed E-state index contributed by atoms with van der Waals surface area (Å²) in [5.74, 6) is 2.11. The number of pyridine rings is 1. The van der Waals surface area contributed by atoms with Crippen LogP contribution in [0.1, 0.15) is 26.2 Å². The van der Waals surface area contributed by atoms with Crippen molar-refractivity contribution in [1.29, 1.82) is 0 Å². The third-order valence-corrected chi connectivity index (χ3v) is 4.34. The highest BCUT2D eigenvalue weighted by Crippen LogP contribution is 2.30. The Kier molecular flexibility index (Phi) is 5.19. The predicted molar refractivity (Wildman–Crippen MR) is 83.0 cm³/mol. The smallest absolute Gasteiger partial charge is 0.239 e. The first-order valence-corrected chi connectivity index (χ1v) is 8.14. The molecule has 2 rings (SSSR count). The second-order valence-corrected chi connectivity index (χ2v) is 6.38. The van der Waals surface area contributed by atoms with Gasteiger partial charge in [0.2, 0.25) is 5.88 Å². The summed E-state index contributed by atoms with van der Waals surface area (Å²) in [6.45, 7) is 3.89. The van der Waals surface area contributed by atoms with Gasteiger partial charge in [0.1, 0.15) is 5.82 Å². The summed E-state index contributed by atoms with van der Waals surface area (Å²) in [4.78, 5) is 4.43. The van der Waals surface area contributed by atoms with Crippen molar-refractivity contribution < 1.29 is 4.74 Å². The first-order chi connectivity index (χ1) is 9.19. The number of hydrogen-bond acceptors (Lipinski definition) is 5. The van der Waals surface area contributed by atoms with Crippen LogP contribution in [0.5, 0.6) is 5.88 Å². The van der Waals surface area contributed by atoms with Crippen LogP contribution < -0.4 is 15.8 Å². The van der Waals surface area contributed by atoms with Crippen molar-refractivity contribution in [2.75, 3.05) is 30.5 Å². The molecule has 1 aliphatic rings. The molecule has 4 nitrogen and oxygen atoms in total. The molecule has 1 saturated carbocycles. The number of nitrogens with one attached hydrogen (secondary N) is 1. The van der Waals surface area contributed by atoms with Crippen molar-refractivity contribution in [2.45, 2.75) is 31.4 Å². The average molecular weight is 281 g/mol. The fraction of sp³-hybridized carbons (Fsp3) is 0.643. The lowest BCUT2D eigenvalue weighted by atomic mass is 10.3. The molecule has 0 saturated heterocycles. The number of nitrogens with two attached hydrogens (primary N) is 1. The fourth-order valence-electron chi connectivity index (χ4n) is 1.67. The van der Waals surface area contributed by atoms with Gasteiger partial charge in [-0.25, -0.2) is 0 Å². The zero-order valence-corrected chi connectivity index (χ0v) is 12.5. The lowest BCUT2D eigenvalue weighted by Crippen LogP contribution is -2.10. The number of nitrogen functional groups attached to an aromatic ring is 1. The standard InChI is InChI=1S/C14H23N3OS/c1-10(19-2)7-8-16-13-6-5-12(15)14(17-13)18-9-11-3-4-11/h5-6,10-11H,3-4,7-9,15H2,1-2H3,(H,16,17). The first kappa shape index (κ1) is 14.3. The van der Waals surface area contributed by atoms with Crippen LogP contribution in [0.3, 0.4) is 0 Å². The van der Waals surface area contributed by atoms with Gasteiger partial charge in [0.25, 0.3) is 0 Å². The number of anilines is 2. The van der Waals surface area contributed by atoms with Gasteiger partial charge >= 0.3 is 0 Å². The summed E-state index contributed by atoms with van der Waals surface area (Å²) in [6, 6.07) is 3.76. The molecule has 0 bridgehead atoms. The van der Waals surface area contributed by atoms with Crippen LogP contribution in [0.15, 0.2) is 12.1 Å². The van der Waals surface area contributed by atoms with Gasteiger partial charge in [-0.3, -0.25) is 0 Å². The molecule has 1 heterocycles. The lowest BCUT2D eigenvalue weighted by molar-refractivity contribution is 0.290. The van der Waals surface area contributed by atoms with Crippen LogP contribution in [-0.4, -0.2) is 29.6 Å². The van der Waals surface area contributed by atoms with E-state index in [1.165, 1.54) is 12.8 Å². The quantitative estimate of drug-likeness (QED) is 0.767. The van der Waals surface area contributed by atoms with Gasteiger partial charge < -0.3 is 15.8 Å². The maximum atomic E-state index is 5.88. The molecule has 0 spiro atoms. The minimum absolute atomic E-state index is 0.565. The third kappa shape index (κ3) is 4.82. The molecule has 1 fully saturated rings. The number of aromatic nitrogens is 1. The molecule has 5 heteroatoms.